The molecule has 0 aromatic carbocycles. The predicted octanol–water partition coefficient (Wildman–Crippen LogP) is 2.50. The number of carbonyl (C=O) groups is 1. The Balaban J connectivity index is 2.32. The molecule has 15 heavy (non-hydrogen) atoms. The van der Waals surface area contributed by atoms with E-state index in [1.807, 2.05) is 19.2 Å². The number of aromatic nitrogens is 1. The van der Waals surface area contributed by atoms with Gasteiger partial charge in [-0.1, -0.05) is 22.9 Å². The van der Waals surface area contributed by atoms with E-state index in [-0.39, 0.29) is 11.8 Å². The number of pyridine rings is 1. The quantitative estimate of drug-likeness (QED) is 0.838. The maximum absolute atomic E-state index is 11.6. The zero-order chi connectivity index (χ0) is 10.8. The Labute approximate surface area is 97.4 Å². The molecule has 1 aromatic heterocycles. The van der Waals surface area contributed by atoms with Crippen LogP contribution in [0.3, 0.4) is 0 Å². The van der Waals surface area contributed by atoms with E-state index in [1.54, 1.807) is 0 Å². The van der Waals surface area contributed by atoms with Gasteiger partial charge < -0.3 is 5.32 Å². The molecule has 1 aromatic rings. The Kier molecular flexibility index (Phi) is 3.05. The summed E-state index contributed by atoms with van der Waals surface area (Å²) in [5, 5.41) is 3.68. The van der Waals surface area contributed by atoms with Gasteiger partial charge in [-0.2, -0.15) is 0 Å². The third-order valence-electron chi connectivity index (χ3n) is 2.74. The molecule has 2 heterocycles. The van der Waals surface area contributed by atoms with Crippen LogP contribution < -0.4 is 5.32 Å². The topological polar surface area (TPSA) is 42.0 Å². The van der Waals surface area contributed by atoms with E-state index in [2.05, 4.69) is 26.2 Å². The number of amides is 1. The third kappa shape index (κ3) is 2.04. The molecule has 2 rings (SSSR count). The number of anilines is 1. The molecular weight excluding hydrogens is 256 g/mol. The van der Waals surface area contributed by atoms with E-state index >= 15 is 0 Å². The lowest BCUT2D eigenvalue weighted by atomic mass is 9.94. The molecule has 0 aliphatic carbocycles. The van der Waals surface area contributed by atoms with Crippen molar-refractivity contribution in [3.05, 3.63) is 23.5 Å². The zero-order valence-corrected chi connectivity index (χ0v) is 10.2. The fraction of sp³-hybridized carbons (Fsp3) is 0.455. The smallest absolute Gasteiger partial charge is 0.227 e. The number of rotatable bonds is 2. The second-order valence-electron chi connectivity index (χ2n) is 3.77. The van der Waals surface area contributed by atoms with Gasteiger partial charge in [0.2, 0.25) is 5.91 Å². The summed E-state index contributed by atoms with van der Waals surface area (Å²) in [5.74, 6) is 0.207. The van der Waals surface area contributed by atoms with E-state index in [9.17, 15) is 4.79 Å². The van der Waals surface area contributed by atoms with E-state index in [0.29, 0.717) is 0 Å². The van der Waals surface area contributed by atoms with Crippen molar-refractivity contribution in [3.8, 4) is 0 Å². The van der Waals surface area contributed by atoms with Crippen molar-refractivity contribution in [3.63, 3.8) is 0 Å². The number of nitrogens with one attached hydrogen (secondary N) is 1. The van der Waals surface area contributed by atoms with Crippen molar-refractivity contribution in [2.24, 2.45) is 5.92 Å². The number of hydrogen-bond donors (Lipinski definition) is 1. The van der Waals surface area contributed by atoms with Crippen molar-refractivity contribution in [1.82, 2.24) is 4.98 Å². The lowest BCUT2D eigenvalue weighted by Crippen LogP contribution is -2.30. The molecule has 80 valence electrons. The highest BCUT2D eigenvalue weighted by Crippen LogP contribution is 2.26. The summed E-state index contributed by atoms with van der Waals surface area (Å²) in [6, 6.07) is 1.99. The minimum Gasteiger partial charge on any atom is -0.324 e. The van der Waals surface area contributed by atoms with Crippen LogP contribution in [0.2, 0.25) is 0 Å². The molecule has 0 saturated heterocycles. The van der Waals surface area contributed by atoms with E-state index in [4.69, 9.17) is 0 Å². The second-order valence-corrected chi connectivity index (χ2v) is 4.33. The summed E-state index contributed by atoms with van der Waals surface area (Å²) in [4.78, 5) is 16.0. The van der Waals surface area contributed by atoms with Crippen LogP contribution in [0.4, 0.5) is 5.69 Å². The van der Waals surface area contributed by atoms with Gasteiger partial charge >= 0.3 is 0 Å². The Morgan fingerprint density at radius 2 is 2.47 bits per heavy atom. The highest BCUT2D eigenvalue weighted by atomic mass is 79.9. The van der Waals surface area contributed by atoms with E-state index < -0.39 is 0 Å². The van der Waals surface area contributed by atoms with Gasteiger partial charge in [0.15, 0.2) is 0 Å². The maximum atomic E-state index is 11.6. The Morgan fingerprint density at radius 1 is 1.67 bits per heavy atom. The number of nitrogens with zero attached hydrogens (tertiary/aromatic N) is 1. The molecule has 0 saturated carbocycles. The maximum Gasteiger partial charge on any atom is 0.227 e. The molecule has 3 nitrogen and oxygen atoms in total. The SMILES string of the molecule is CCC1Cc2ncc(CBr)cc2NC1=O. The Bertz CT molecular complexity index is 392. The lowest BCUT2D eigenvalue weighted by molar-refractivity contribution is -0.120. The molecular formula is C11H13BrN2O. The first-order valence-electron chi connectivity index (χ1n) is 5.09. The van der Waals surface area contributed by atoms with Crippen LogP contribution in [0.25, 0.3) is 0 Å². The fourth-order valence-electron chi connectivity index (χ4n) is 1.77. The van der Waals surface area contributed by atoms with Crippen LogP contribution in [0.15, 0.2) is 12.3 Å². The molecule has 1 unspecified atom stereocenters. The number of fused-ring (bicyclic) bond motifs is 1. The molecule has 1 N–H and O–H groups in total. The van der Waals surface area contributed by atoms with Crippen LogP contribution in [-0.2, 0) is 16.5 Å². The van der Waals surface area contributed by atoms with Crippen LogP contribution >= 0.6 is 15.9 Å². The average Bonchev–Trinajstić information content (AvgIpc) is 2.27. The van der Waals surface area contributed by atoms with E-state index in [0.717, 1.165) is 35.1 Å². The Morgan fingerprint density at radius 3 is 3.13 bits per heavy atom. The molecule has 0 bridgehead atoms. The van der Waals surface area contributed by atoms with Crippen LogP contribution in [-0.4, -0.2) is 10.9 Å². The van der Waals surface area contributed by atoms with Gasteiger partial charge in [-0.15, -0.1) is 0 Å². The molecule has 4 heteroatoms. The number of hydrogen-bond acceptors (Lipinski definition) is 2. The first-order valence-corrected chi connectivity index (χ1v) is 6.21. The summed E-state index contributed by atoms with van der Waals surface area (Å²) in [6.07, 6.45) is 3.49. The zero-order valence-electron chi connectivity index (χ0n) is 8.59. The van der Waals surface area contributed by atoms with Crippen LogP contribution in [0.1, 0.15) is 24.6 Å². The monoisotopic (exact) mass is 268 g/mol. The van der Waals surface area contributed by atoms with Gasteiger partial charge in [0, 0.05) is 23.9 Å². The minimum absolute atomic E-state index is 0.0832. The van der Waals surface area contributed by atoms with Crippen molar-refractivity contribution < 1.29 is 4.79 Å². The Hall–Kier alpha value is -0.900. The average molecular weight is 269 g/mol. The first kappa shape index (κ1) is 10.6. The normalized spacial score (nSPS) is 19.6. The molecule has 0 spiro atoms. The number of alkyl halides is 1. The second kappa shape index (κ2) is 4.31. The molecule has 1 aliphatic rings. The van der Waals surface area contributed by atoms with Crippen molar-refractivity contribution in [2.75, 3.05) is 5.32 Å². The fourth-order valence-corrected chi connectivity index (χ4v) is 2.08. The van der Waals surface area contributed by atoms with Gasteiger partial charge in [0.25, 0.3) is 0 Å². The van der Waals surface area contributed by atoms with Crippen molar-refractivity contribution in [2.45, 2.75) is 25.1 Å². The predicted molar refractivity (Wildman–Crippen MR) is 63.0 cm³/mol. The highest BCUT2D eigenvalue weighted by molar-refractivity contribution is 9.08. The molecule has 1 atom stereocenters. The summed E-state index contributed by atoms with van der Waals surface area (Å²) >= 11 is 3.37. The number of carbonyl (C=O) groups excluding carboxylic acids is 1. The molecule has 0 radical (unpaired) electrons. The van der Waals surface area contributed by atoms with Gasteiger partial charge in [0.05, 0.1) is 11.4 Å². The van der Waals surface area contributed by atoms with Gasteiger partial charge in [-0.25, -0.2) is 0 Å². The van der Waals surface area contributed by atoms with Gasteiger partial charge in [-0.3, -0.25) is 9.78 Å². The molecule has 1 amide bonds. The first-order chi connectivity index (χ1) is 7.24. The van der Waals surface area contributed by atoms with Crippen LogP contribution in [0, 0.1) is 5.92 Å². The number of halogens is 1. The summed E-state index contributed by atoms with van der Waals surface area (Å²) < 4.78 is 0. The van der Waals surface area contributed by atoms with Crippen LogP contribution in [0.5, 0.6) is 0 Å². The largest absolute Gasteiger partial charge is 0.324 e. The molecule has 1 aliphatic heterocycles. The van der Waals surface area contributed by atoms with Gasteiger partial charge in [0.1, 0.15) is 0 Å². The summed E-state index contributed by atoms with van der Waals surface area (Å²) in [7, 11) is 0. The van der Waals surface area contributed by atoms with E-state index in [1.165, 1.54) is 0 Å². The standard InChI is InChI=1S/C11H13BrN2O/c1-2-8-4-9-10(14-11(8)15)3-7(5-12)6-13-9/h3,6,8H,2,4-5H2,1H3,(H,14,15). The highest BCUT2D eigenvalue weighted by Gasteiger charge is 2.25. The van der Waals surface area contributed by atoms with Crippen molar-refractivity contribution in [1.29, 1.82) is 0 Å². The molecule has 0 fully saturated rings. The lowest BCUT2D eigenvalue weighted by Gasteiger charge is -2.23. The minimum atomic E-state index is 0.0832. The van der Waals surface area contributed by atoms with Gasteiger partial charge in [-0.05, 0) is 18.1 Å². The van der Waals surface area contributed by atoms with Crippen molar-refractivity contribution >= 4 is 27.5 Å². The summed E-state index contributed by atoms with van der Waals surface area (Å²) in [5.41, 5.74) is 2.97. The summed E-state index contributed by atoms with van der Waals surface area (Å²) in [6.45, 7) is 2.03. The third-order valence-corrected chi connectivity index (χ3v) is 3.39.